The molecular formula is C22H31N7S. The van der Waals surface area contributed by atoms with Gasteiger partial charge in [-0.1, -0.05) is 0 Å². The Labute approximate surface area is 181 Å². The van der Waals surface area contributed by atoms with Crippen LogP contribution in [0.4, 0.5) is 11.6 Å². The van der Waals surface area contributed by atoms with E-state index in [1.165, 1.54) is 54.4 Å². The number of hydrogen-bond acceptors (Lipinski definition) is 8. The molecule has 3 aromatic rings. The van der Waals surface area contributed by atoms with E-state index in [9.17, 15) is 0 Å². The highest BCUT2D eigenvalue weighted by atomic mass is 32.1. The molecular weight excluding hydrogens is 394 g/mol. The molecule has 1 aliphatic carbocycles. The molecule has 0 radical (unpaired) electrons. The summed E-state index contributed by atoms with van der Waals surface area (Å²) in [6.45, 7) is 4.20. The standard InChI is InChI=1S/C22H31N7S/c1-28(2)12-8-11-23-20-19-18(25-27-26-20)17-15-9-4-5-10-16(15)21(24-22(17)30-19)29-13-6-3-7-14-29/h3-14H2,1-2H3,(H,23,25,26). The summed E-state index contributed by atoms with van der Waals surface area (Å²) in [7, 11) is 4.20. The number of fused-ring (bicyclic) bond motifs is 5. The van der Waals surface area contributed by atoms with Crippen molar-refractivity contribution in [3.05, 3.63) is 11.1 Å². The zero-order chi connectivity index (χ0) is 20.5. The molecule has 1 fully saturated rings. The largest absolute Gasteiger partial charge is 0.367 e. The summed E-state index contributed by atoms with van der Waals surface area (Å²) in [6.07, 6.45) is 9.72. The Morgan fingerprint density at radius 2 is 1.80 bits per heavy atom. The van der Waals surface area contributed by atoms with E-state index in [0.717, 1.165) is 66.3 Å². The molecule has 1 N–H and O–H groups in total. The zero-order valence-corrected chi connectivity index (χ0v) is 18.9. The maximum absolute atomic E-state index is 5.22. The molecule has 160 valence electrons. The average Bonchev–Trinajstić information content (AvgIpc) is 3.16. The second-order valence-corrected chi connectivity index (χ2v) is 9.83. The fourth-order valence-electron chi connectivity index (χ4n) is 4.85. The van der Waals surface area contributed by atoms with Crippen LogP contribution in [0.5, 0.6) is 0 Å². The Bertz CT molecular complexity index is 1040. The molecule has 0 bridgehead atoms. The molecule has 7 nitrogen and oxygen atoms in total. The van der Waals surface area contributed by atoms with E-state index in [4.69, 9.17) is 4.98 Å². The summed E-state index contributed by atoms with van der Waals surface area (Å²) < 4.78 is 1.10. The lowest BCUT2D eigenvalue weighted by Crippen LogP contribution is -2.31. The SMILES string of the molecule is CN(C)CCCNc1nnnc2c1sc1nc(N3CCCCC3)c3c(c12)CCCC3. The summed E-state index contributed by atoms with van der Waals surface area (Å²) in [5.74, 6) is 2.09. The van der Waals surface area contributed by atoms with Crippen LogP contribution in [0, 0.1) is 0 Å². The molecule has 0 spiro atoms. The molecule has 0 atom stereocenters. The van der Waals surface area contributed by atoms with Crippen LogP contribution in [-0.2, 0) is 12.8 Å². The first-order chi connectivity index (χ1) is 14.7. The number of hydrogen-bond donors (Lipinski definition) is 1. The number of thiophene rings is 1. The van der Waals surface area contributed by atoms with Gasteiger partial charge in [-0.15, -0.1) is 21.5 Å². The van der Waals surface area contributed by atoms with Crippen molar-refractivity contribution in [1.82, 2.24) is 25.3 Å². The number of aryl methyl sites for hydroxylation is 1. The van der Waals surface area contributed by atoms with Crippen molar-refractivity contribution in [2.75, 3.05) is 50.5 Å². The maximum Gasteiger partial charge on any atom is 0.170 e. The third-order valence-electron chi connectivity index (χ3n) is 6.35. The van der Waals surface area contributed by atoms with Gasteiger partial charge in [-0.2, -0.15) is 0 Å². The van der Waals surface area contributed by atoms with Crippen LogP contribution in [0.3, 0.4) is 0 Å². The second-order valence-electron chi connectivity index (χ2n) is 8.83. The number of nitrogens with one attached hydrogen (secondary N) is 1. The Morgan fingerprint density at radius 1 is 1.00 bits per heavy atom. The third kappa shape index (κ3) is 3.71. The first-order valence-corrected chi connectivity index (χ1v) is 12.1. The van der Waals surface area contributed by atoms with Crippen molar-refractivity contribution in [2.24, 2.45) is 0 Å². The third-order valence-corrected chi connectivity index (χ3v) is 7.43. The normalized spacial score (nSPS) is 17.1. The van der Waals surface area contributed by atoms with Crippen LogP contribution in [0.1, 0.15) is 49.7 Å². The molecule has 0 saturated carbocycles. The number of nitrogens with zero attached hydrogens (tertiary/aromatic N) is 6. The number of aromatic nitrogens is 4. The van der Waals surface area contributed by atoms with Gasteiger partial charge < -0.3 is 15.1 Å². The lowest BCUT2D eigenvalue weighted by Gasteiger charge is -2.31. The molecule has 30 heavy (non-hydrogen) atoms. The van der Waals surface area contributed by atoms with Gasteiger partial charge in [0.25, 0.3) is 0 Å². The summed E-state index contributed by atoms with van der Waals surface area (Å²) in [4.78, 5) is 11.1. The van der Waals surface area contributed by atoms with Crippen LogP contribution in [0.2, 0.25) is 0 Å². The Kier molecular flexibility index (Phi) is 5.69. The van der Waals surface area contributed by atoms with Gasteiger partial charge in [-0.3, -0.25) is 0 Å². The van der Waals surface area contributed by atoms with E-state index in [0.29, 0.717) is 0 Å². The number of piperidine rings is 1. The van der Waals surface area contributed by atoms with Gasteiger partial charge >= 0.3 is 0 Å². The van der Waals surface area contributed by atoms with Crippen LogP contribution >= 0.6 is 11.3 Å². The minimum atomic E-state index is 0.853. The minimum absolute atomic E-state index is 0.853. The monoisotopic (exact) mass is 425 g/mol. The molecule has 8 heteroatoms. The number of rotatable bonds is 6. The van der Waals surface area contributed by atoms with Gasteiger partial charge in [0.05, 0.1) is 0 Å². The van der Waals surface area contributed by atoms with Crippen molar-refractivity contribution in [2.45, 2.75) is 51.4 Å². The van der Waals surface area contributed by atoms with Crippen LogP contribution in [0.25, 0.3) is 20.4 Å². The average molecular weight is 426 g/mol. The predicted octanol–water partition coefficient (Wildman–Crippen LogP) is 3.87. The van der Waals surface area contributed by atoms with Gasteiger partial charge in [-0.25, -0.2) is 4.98 Å². The number of pyridine rings is 1. The molecule has 1 aliphatic heterocycles. The Balaban J connectivity index is 1.58. The molecule has 0 aromatic carbocycles. The van der Waals surface area contributed by atoms with Gasteiger partial charge in [0.2, 0.25) is 0 Å². The first-order valence-electron chi connectivity index (χ1n) is 11.3. The van der Waals surface area contributed by atoms with Gasteiger partial charge in [0, 0.05) is 25.0 Å². The van der Waals surface area contributed by atoms with Crippen LogP contribution < -0.4 is 10.2 Å². The van der Waals surface area contributed by atoms with E-state index >= 15 is 0 Å². The zero-order valence-electron chi connectivity index (χ0n) is 18.1. The highest BCUT2D eigenvalue weighted by Gasteiger charge is 2.26. The van der Waals surface area contributed by atoms with Crippen LogP contribution in [0.15, 0.2) is 0 Å². The van der Waals surface area contributed by atoms with Crippen molar-refractivity contribution < 1.29 is 0 Å². The fraction of sp³-hybridized carbons (Fsp3) is 0.636. The van der Waals surface area contributed by atoms with Gasteiger partial charge in [0.15, 0.2) is 5.82 Å². The summed E-state index contributed by atoms with van der Waals surface area (Å²) in [6, 6.07) is 0. The fourth-order valence-corrected chi connectivity index (χ4v) is 5.95. The molecule has 5 rings (SSSR count). The summed E-state index contributed by atoms with van der Waals surface area (Å²) in [5, 5.41) is 17.6. The van der Waals surface area contributed by atoms with E-state index in [2.05, 4.69) is 44.6 Å². The lowest BCUT2D eigenvalue weighted by molar-refractivity contribution is 0.405. The van der Waals surface area contributed by atoms with E-state index in [-0.39, 0.29) is 0 Å². The molecule has 2 aliphatic rings. The highest BCUT2D eigenvalue weighted by Crippen LogP contribution is 2.42. The smallest absolute Gasteiger partial charge is 0.170 e. The molecule has 4 heterocycles. The number of anilines is 2. The predicted molar refractivity (Wildman–Crippen MR) is 125 cm³/mol. The molecule has 3 aromatic heterocycles. The van der Waals surface area contributed by atoms with Crippen molar-refractivity contribution in [1.29, 1.82) is 0 Å². The van der Waals surface area contributed by atoms with Gasteiger partial charge in [0.1, 0.15) is 20.9 Å². The van der Waals surface area contributed by atoms with Crippen molar-refractivity contribution in [3.8, 4) is 0 Å². The van der Waals surface area contributed by atoms with Gasteiger partial charge in [-0.05, 0) is 88.3 Å². The second kappa shape index (κ2) is 8.59. The van der Waals surface area contributed by atoms with E-state index in [1.54, 1.807) is 11.3 Å². The maximum atomic E-state index is 5.22. The summed E-state index contributed by atoms with van der Waals surface area (Å²) in [5.41, 5.74) is 3.92. The quantitative estimate of drug-likeness (QED) is 0.601. The first kappa shape index (κ1) is 19.9. The van der Waals surface area contributed by atoms with Crippen molar-refractivity contribution in [3.63, 3.8) is 0 Å². The molecule has 0 amide bonds. The Hall–Kier alpha value is -2.06. The lowest BCUT2D eigenvalue weighted by atomic mass is 9.89. The van der Waals surface area contributed by atoms with Crippen LogP contribution in [-0.4, -0.2) is 65.6 Å². The highest BCUT2D eigenvalue weighted by molar-refractivity contribution is 7.26. The minimum Gasteiger partial charge on any atom is -0.367 e. The van der Waals surface area contributed by atoms with E-state index in [1.807, 2.05) is 0 Å². The summed E-state index contributed by atoms with van der Waals surface area (Å²) >= 11 is 1.73. The molecule has 1 saturated heterocycles. The van der Waals surface area contributed by atoms with Crippen molar-refractivity contribution >= 4 is 43.4 Å². The molecule has 0 unspecified atom stereocenters. The topological polar surface area (TPSA) is 70.1 Å². The Morgan fingerprint density at radius 3 is 2.60 bits per heavy atom. The van der Waals surface area contributed by atoms with E-state index < -0.39 is 0 Å².